The largest absolute Gasteiger partial charge is 0.392 e. The Bertz CT molecular complexity index is 793. The second-order valence-corrected chi connectivity index (χ2v) is 7.11. The van der Waals surface area contributed by atoms with E-state index in [1.165, 1.54) is 12.1 Å². The third-order valence-electron chi connectivity index (χ3n) is 5.97. The first-order valence-electron chi connectivity index (χ1n) is 8.91. The molecule has 0 radical (unpaired) electrons. The first-order chi connectivity index (χ1) is 12.0. The van der Waals surface area contributed by atoms with Gasteiger partial charge in [0, 0.05) is 48.6 Å². The van der Waals surface area contributed by atoms with Crippen LogP contribution in [-0.4, -0.2) is 52.8 Å². The van der Waals surface area contributed by atoms with E-state index in [9.17, 15) is 14.3 Å². The van der Waals surface area contributed by atoms with Crippen molar-refractivity contribution in [3.63, 3.8) is 0 Å². The molecule has 1 aliphatic carbocycles. The van der Waals surface area contributed by atoms with E-state index >= 15 is 0 Å². The quantitative estimate of drug-likeness (QED) is 0.898. The van der Waals surface area contributed by atoms with E-state index in [2.05, 4.69) is 4.98 Å². The minimum Gasteiger partial charge on any atom is -0.392 e. The van der Waals surface area contributed by atoms with Crippen LogP contribution in [0.25, 0.3) is 10.9 Å². The van der Waals surface area contributed by atoms with Crippen LogP contribution in [0.15, 0.2) is 24.4 Å². The number of nitrogens with zero attached hydrogens (tertiary/aromatic N) is 1. The van der Waals surface area contributed by atoms with Gasteiger partial charge in [-0.3, -0.25) is 4.79 Å². The highest BCUT2D eigenvalue weighted by atomic mass is 19.1. The number of aliphatic hydroxyl groups is 1. The van der Waals surface area contributed by atoms with Crippen molar-refractivity contribution < 1.29 is 19.0 Å². The standard InChI is InChI=1S/C19H23FN2O3/c1-2-25-17-10-16(23)19(17)5-7-22(8-6-19)18(24)14-11-21-15-4-3-12(20)9-13(14)15/h3-4,9,11,16-17,21,23H,2,5-8,10H2,1H3. The lowest BCUT2D eigenvalue weighted by molar-refractivity contribution is -0.207. The molecule has 1 saturated heterocycles. The maximum atomic E-state index is 13.5. The number of ether oxygens (including phenoxy) is 1. The summed E-state index contributed by atoms with van der Waals surface area (Å²) in [5.74, 6) is -0.440. The summed E-state index contributed by atoms with van der Waals surface area (Å²) in [4.78, 5) is 17.7. The average molecular weight is 346 g/mol. The Kier molecular flexibility index (Phi) is 4.04. The lowest BCUT2D eigenvalue weighted by atomic mass is 9.58. The Labute approximate surface area is 145 Å². The van der Waals surface area contributed by atoms with Gasteiger partial charge in [0.2, 0.25) is 0 Å². The van der Waals surface area contributed by atoms with Crippen LogP contribution >= 0.6 is 0 Å². The molecule has 2 atom stereocenters. The molecular formula is C19H23FN2O3. The van der Waals surface area contributed by atoms with Gasteiger partial charge in [0.15, 0.2) is 0 Å². The van der Waals surface area contributed by atoms with E-state index in [1.54, 1.807) is 17.2 Å². The van der Waals surface area contributed by atoms with Crippen LogP contribution in [-0.2, 0) is 4.74 Å². The van der Waals surface area contributed by atoms with Crippen LogP contribution in [0.5, 0.6) is 0 Å². The van der Waals surface area contributed by atoms with E-state index < -0.39 is 0 Å². The number of piperidine rings is 1. The number of aromatic nitrogens is 1. The van der Waals surface area contributed by atoms with Crippen LogP contribution in [0.2, 0.25) is 0 Å². The lowest BCUT2D eigenvalue weighted by Crippen LogP contribution is -2.62. The number of aromatic amines is 1. The number of aliphatic hydroxyl groups excluding tert-OH is 1. The van der Waals surface area contributed by atoms with Gasteiger partial charge in [-0.2, -0.15) is 0 Å². The van der Waals surface area contributed by atoms with E-state index in [0.717, 1.165) is 18.4 Å². The molecule has 1 aliphatic heterocycles. The third kappa shape index (κ3) is 2.55. The molecule has 2 heterocycles. The molecule has 4 rings (SSSR count). The van der Waals surface area contributed by atoms with Crippen molar-refractivity contribution in [2.75, 3.05) is 19.7 Å². The Morgan fingerprint density at radius 1 is 1.44 bits per heavy atom. The van der Waals surface area contributed by atoms with Crippen LogP contribution < -0.4 is 0 Å². The molecule has 5 nitrogen and oxygen atoms in total. The Balaban J connectivity index is 1.50. The lowest BCUT2D eigenvalue weighted by Gasteiger charge is -2.56. The molecule has 2 fully saturated rings. The number of likely N-dealkylation sites (tertiary alicyclic amines) is 1. The number of carbonyl (C=O) groups is 1. The summed E-state index contributed by atoms with van der Waals surface area (Å²) < 4.78 is 19.3. The van der Waals surface area contributed by atoms with Crippen molar-refractivity contribution in [3.8, 4) is 0 Å². The molecular weight excluding hydrogens is 323 g/mol. The SMILES string of the molecule is CCOC1CC(O)C12CCN(C(=O)c1c[nH]c3ccc(F)cc13)CC2. The predicted octanol–water partition coefficient (Wildman–Crippen LogP) is 2.70. The smallest absolute Gasteiger partial charge is 0.256 e. The molecule has 1 saturated carbocycles. The Morgan fingerprint density at radius 2 is 2.20 bits per heavy atom. The average Bonchev–Trinajstić information content (AvgIpc) is 3.04. The van der Waals surface area contributed by atoms with Crippen molar-refractivity contribution in [3.05, 3.63) is 35.8 Å². The highest BCUT2D eigenvalue weighted by molar-refractivity contribution is 6.06. The number of amides is 1. The van der Waals surface area contributed by atoms with Crippen LogP contribution in [0, 0.1) is 11.2 Å². The molecule has 134 valence electrons. The number of H-pyrrole nitrogens is 1. The molecule has 6 heteroatoms. The molecule has 2 aromatic rings. The number of nitrogens with one attached hydrogen (secondary N) is 1. The highest BCUT2D eigenvalue weighted by Crippen LogP contribution is 2.51. The summed E-state index contributed by atoms with van der Waals surface area (Å²) in [6.07, 6.45) is 3.56. The van der Waals surface area contributed by atoms with Gasteiger partial charge in [-0.25, -0.2) is 4.39 Å². The van der Waals surface area contributed by atoms with Crippen molar-refractivity contribution in [2.24, 2.45) is 5.41 Å². The number of hydrogen-bond acceptors (Lipinski definition) is 3. The number of carbonyl (C=O) groups excluding carboxylic acids is 1. The van der Waals surface area contributed by atoms with E-state index in [4.69, 9.17) is 4.74 Å². The minimum atomic E-state index is -0.351. The fraction of sp³-hybridized carbons (Fsp3) is 0.526. The van der Waals surface area contributed by atoms with Gasteiger partial charge >= 0.3 is 0 Å². The fourth-order valence-corrected chi connectivity index (χ4v) is 4.38. The van der Waals surface area contributed by atoms with Gasteiger partial charge in [0.05, 0.1) is 17.8 Å². The van der Waals surface area contributed by atoms with Crippen molar-refractivity contribution in [1.82, 2.24) is 9.88 Å². The first kappa shape index (κ1) is 16.5. The summed E-state index contributed by atoms with van der Waals surface area (Å²) >= 11 is 0. The van der Waals surface area contributed by atoms with Gasteiger partial charge in [-0.15, -0.1) is 0 Å². The minimum absolute atomic E-state index is 0.0894. The molecule has 2 unspecified atom stereocenters. The van der Waals surface area contributed by atoms with Gasteiger partial charge in [0.1, 0.15) is 5.82 Å². The molecule has 2 N–H and O–H groups in total. The zero-order valence-electron chi connectivity index (χ0n) is 14.3. The summed E-state index contributed by atoms with van der Waals surface area (Å²) in [6.45, 7) is 3.78. The number of hydrogen-bond donors (Lipinski definition) is 2. The normalized spacial score (nSPS) is 25.3. The molecule has 1 spiro atoms. The molecule has 2 aliphatic rings. The maximum Gasteiger partial charge on any atom is 0.256 e. The number of fused-ring (bicyclic) bond motifs is 1. The molecule has 1 amide bonds. The van der Waals surface area contributed by atoms with Crippen LogP contribution in [0.3, 0.4) is 0 Å². The highest BCUT2D eigenvalue weighted by Gasteiger charge is 2.56. The molecule has 1 aromatic heterocycles. The second kappa shape index (κ2) is 6.11. The van der Waals surface area contributed by atoms with Crippen LogP contribution in [0.1, 0.15) is 36.5 Å². The Hall–Kier alpha value is -1.92. The monoisotopic (exact) mass is 346 g/mol. The maximum absolute atomic E-state index is 13.5. The second-order valence-electron chi connectivity index (χ2n) is 7.11. The first-order valence-corrected chi connectivity index (χ1v) is 8.91. The number of benzene rings is 1. The summed E-state index contributed by atoms with van der Waals surface area (Å²) in [5, 5.41) is 10.9. The van der Waals surface area contributed by atoms with Gasteiger partial charge < -0.3 is 19.7 Å². The van der Waals surface area contributed by atoms with E-state index in [1.807, 2.05) is 6.92 Å². The molecule has 25 heavy (non-hydrogen) atoms. The third-order valence-corrected chi connectivity index (χ3v) is 5.97. The van der Waals surface area contributed by atoms with E-state index in [0.29, 0.717) is 37.1 Å². The van der Waals surface area contributed by atoms with Gasteiger partial charge in [-0.05, 0) is 38.0 Å². The zero-order chi connectivity index (χ0) is 17.6. The topological polar surface area (TPSA) is 65.6 Å². The van der Waals surface area contributed by atoms with Crippen molar-refractivity contribution in [1.29, 1.82) is 0 Å². The molecule has 1 aromatic carbocycles. The van der Waals surface area contributed by atoms with Crippen molar-refractivity contribution in [2.45, 2.75) is 38.4 Å². The van der Waals surface area contributed by atoms with Crippen molar-refractivity contribution >= 4 is 16.8 Å². The van der Waals surface area contributed by atoms with Crippen LogP contribution in [0.4, 0.5) is 4.39 Å². The Morgan fingerprint density at radius 3 is 2.88 bits per heavy atom. The zero-order valence-corrected chi connectivity index (χ0v) is 14.3. The molecule has 0 bridgehead atoms. The summed E-state index contributed by atoms with van der Waals surface area (Å²) in [7, 11) is 0. The van der Waals surface area contributed by atoms with Gasteiger partial charge in [-0.1, -0.05) is 0 Å². The number of rotatable bonds is 3. The van der Waals surface area contributed by atoms with E-state index in [-0.39, 0.29) is 29.3 Å². The summed E-state index contributed by atoms with van der Waals surface area (Å²) in [5.41, 5.74) is 1.05. The number of halogens is 1. The van der Waals surface area contributed by atoms with Gasteiger partial charge in [0.25, 0.3) is 5.91 Å². The fourth-order valence-electron chi connectivity index (χ4n) is 4.38. The summed E-state index contributed by atoms with van der Waals surface area (Å²) in [6, 6.07) is 4.42. The predicted molar refractivity (Wildman–Crippen MR) is 91.9 cm³/mol.